The van der Waals surface area contributed by atoms with Crippen molar-refractivity contribution in [2.24, 2.45) is 0 Å². The van der Waals surface area contributed by atoms with Gasteiger partial charge in [-0.25, -0.2) is 8.42 Å². The van der Waals surface area contributed by atoms with Crippen LogP contribution in [0.3, 0.4) is 0 Å². The Morgan fingerprint density at radius 3 is 2.21 bits per heavy atom. The molecule has 3 rings (SSSR count). The number of carbonyl (C=O) groups excluding carboxylic acids is 2. The highest BCUT2D eigenvalue weighted by Gasteiger charge is 2.36. The van der Waals surface area contributed by atoms with Gasteiger partial charge in [0.2, 0.25) is 21.8 Å². The minimum atomic E-state index is -4.86. The molecule has 0 unspecified atom stereocenters. The molecule has 7 nitrogen and oxygen atoms in total. The van der Waals surface area contributed by atoms with Crippen LogP contribution in [0.5, 0.6) is 0 Å². The van der Waals surface area contributed by atoms with E-state index in [2.05, 4.69) is 21.2 Å². The van der Waals surface area contributed by atoms with E-state index in [-0.39, 0.29) is 18.7 Å². The van der Waals surface area contributed by atoms with Crippen LogP contribution in [-0.2, 0) is 38.8 Å². The second-order valence-corrected chi connectivity index (χ2v) is 12.8. The molecule has 0 saturated heterocycles. The number of sulfonamides is 1. The van der Waals surface area contributed by atoms with Gasteiger partial charge in [-0.3, -0.25) is 13.9 Å². The first-order chi connectivity index (χ1) is 19.7. The van der Waals surface area contributed by atoms with Crippen molar-refractivity contribution in [1.82, 2.24) is 10.2 Å². The molecular weight excluding hydrogens is 659 g/mol. The lowest BCUT2D eigenvalue weighted by molar-refractivity contribution is -0.140. The molecule has 0 fully saturated rings. The number of carbonyl (C=O) groups is 2. The van der Waals surface area contributed by atoms with Crippen molar-refractivity contribution >= 4 is 55.1 Å². The number of amides is 2. The van der Waals surface area contributed by atoms with Gasteiger partial charge in [0.25, 0.3) is 0 Å². The van der Waals surface area contributed by atoms with Crippen LogP contribution in [0.4, 0.5) is 18.9 Å². The first kappa shape index (κ1) is 33.4. The van der Waals surface area contributed by atoms with Gasteiger partial charge in [0.05, 0.1) is 22.5 Å². The molecule has 3 aromatic rings. The van der Waals surface area contributed by atoms with Crippen LogP contribution in [0, 0.1) is 0 Å². The number of anilines is 1. The van der Waals surface area contributed by atoms with Crippen LogP contribution in [0.15, 0.2) is 77.3 Å². The molecule has 226 valence electrons. The molecule has 13 heteroatoms. The summed E-state index contributed by atoms with van der Waals surface area (Å²) in [5, 5.41) is 2.20. The summed E-state index contributed by atoms with van der Waals surface area (Å²) in [5.74, 6) is -1.22. The lowest BCUT2D eigenvalue weighted by Gasteiger charge is -2.33. The largest absolute Gasteiger partial charge is 0.417 e. The van der Waals surface area contributed by atoms with Crippen LogP contribution in [0.25, 0.3) is 0 Å². The fraction of sp³-hybridized carbons (Fsp3) is 0.310. The Morgan fingerprint density at radius 1 is 1.00 bits per heavy atom. The maximum absolute atomic E-state index is 14.0. The van der Waals surface area contributed by atoms with E-state index in [1.807, 2.05) is 13.0 Å². The van der Waals surface area contributed by atoms with Crippen molar-refractivity contribution in [1.29, 1.82) is 0 Å². The van der Waals surface area contributed by atoms with Gasteiger partial charge in [-0.1, -0.05) is 76.9 Å². The van der Waals surface area contributed by atoms with E-state index >= 15 is 0 Å². The van der Waals surface area contributed by atoms with Crippen molar-refractivity contribution in [3.05, 3.63) is 99.0 Å². The van der Waals surface area contributed by atoms with E-state index in [1.54, 1.807) is 48.5 Å². The summed E-state index contributed by atoms with van der Waals surface area (Å²) in [4.78, 5) is 28.7. The van der Waals surface area contributed by atoms with Gasteiger partial charge in [-0.05, 0) is 47.9 Å². The first-order valence-corrected chi connectivity index (χ1v) is 15.9. The van der Waals surface area contributed by atoms with Gasteiger partial charge >= 0.3 is 6.18 Å². The monoisotopic (exact) mass is 687 g/mol. The van der Waals surface area contributed by atoms with E-state index in [0.29, 0.717) is 28.9 Å². The molecule has 0 aliphatic carbocycles. The lowest BCUT2D eigenvalue weighted by Crippen LogP contribution is -2.53. The van der Waals surface area contributed by atoms with Crippen molar-refractivity contribution in [3.63, 3.8) is 0 Å². The van der Waals surface area contributed by atoms with E-state index in [4.69, 9.17) is 11.6 Å². The first-order valence-electron chi connectivity index (χ1n) is 12.9. The van der Waals surface area contributed by atoms with Crippen molar-refractivity contribution in [2.75, 3.05) is 23.7 Å². The molecule has 2 amide bonds. The summed E-state index contributed by atoms with van der Waals surface area (Å²) in [6.07, 6.45) is -3.30. The molecular formula is C29H30BrClF3N3O4S. The number of hydrogen-bond acceptors (Lipinski definition) is 4. The van der Waals surface area contributed by atoms with E-state index < -0.39 is 51.2 Å². The summed E-state index contributed by atoms with van der Waals surface area (Å²) in [7, 11) is -4.25. The highest BCUT2D eigenvalue weighted by atomic mass is 79.9. The van der Waals surface area contributed by atoms with Gasteiger partial charge < -0.3 is 10.2 Å². The summed E-state index contributed by atoms with van der Waals surface area (Å²) in [5.41, 5.74) is -0.212. The van der Waals surface area contributed by atoms with Gasteiger partial charge in [0, 0.05) is 24.0 Å². The topological polar surface area (TPSA) is 86.8 Å². The zero-order chi connectivity index (χ0) is 31.1. The average Bonchev–Trinajstić information content (AvgIpc) is 2.93. The molecule has 0 bridgehead atoms. The molecule has 0 aliphatic heterocycles. The molecule has 0 aliphatic rings. The quantitative estimate of drug-likeness (QED) is 0.251. The van der Waals surface area contributed by atoms with Gasteiger partial charge in [-0.15, -0.1) is 0 Å². The number of nitrogens with one attached hydrogen (secondary N) is 1. The SMILES string of the molecule is CCCNC(=O)[C@H](Cc1ccccc1)N(Cc1ccc(Br)cc1)C(=O)CN(c1ccc(Cl)c(C(F)(F)F)c1)S(C)(=O)=O. The third-order valence-corrected chi connectivity index (χ3v) is 8.31. The normalized spacial score (nSPS) is 12.5. The second kappa shape index (κ2) is 14.4. The molecule has 0 heterocycles. The number of hydrogen-bond donors (Lipinski definition) is 1. The Hall–Kier alpha value is -3.09. The Labute approximate surface area is 256 Å². The van der Waals surface area contributed by atoms with Crippen molar-refractivity contribution < 1.29 is 31.2 Å². The van der Waals surface area contributed by atoms with E-state index in [1.165, 1.54) is 4.90 Å². The van der Waals surface area contributed by atoms with Crippen LogP contribution in [-0.4, -0.2) is 50.5 Å². The Balaban J connectivity index is 2.08. The number of benzene rings is 3. The predicted molar refractivity (Wildman–Crippen MR) is 161 cm³/mol. The third-order valence-electron chi connectivity index (χ3n) is 6.31. The standard InChI is InChI=1S/C29H30BrClF3N3O4S/c1-3-15-35-28(39)26(16-20-7-5-4-6-8-20)36(18-21-9-11-22(30)12-10-21)27(38)19-37(42(2,40)41)23-13-14-25(31)24(17-23)29(32,33)34/h4-14,17,26H,3,15-16,18-19H2,1-2H3,(H,35,39)/t26-/m0/s1. The van der Waals surface area contributed by atoms with E-state index in [0.717, 1.165) is 28.4 Å². The molecule has 0 radical (unpaired) electrons. The predicted octanol–water partition coefficient (Wildman–Crippen LogP) is 6.05. The molecule has 42 heavy (non-hydrogen) atoms. The minimum Gasteiger partial charge on any atom is -0.354 e. The highest BCUT2D eigenvalue weighted by Crippen LogP contribution is 2.37. The molecule has 0 aromatic heterocycles. The second-order valence-electron chi connectivity index (χ2n) is 9.58. The van der Waals surface area contributed by atoms with Gasteiger partial charge in [-0.2, -0.15) is 13.2 Å². The Morgan fingerprint density at radius 2 is 1.64 bits per heavy atom. The van der Waals surface area contributed by atoms with Crippen molar-refractivity contribution in [3.8, 4) is 0 Å². The summed E-state index contributed by atoms with van der Waals surface area (Å²) >= 11 is 9.10. The molecule has 0 spiro atoms. The molecule has 3 aromatic carbocycles. The summed E-state index contributed by atoms with van der Waals surface area (Å²) in [6.45, 7) is 1.32. The van der Waals surface area contributed by atoms with Crippen LogP contribution in [0.1, 0.15) is 30.0 Å². The smallest absolute Gasteiger partial charge is 0.354 e. The van der Waals surface area contributed by atoms with Gasteiger partial charge in [0.15, 0.2) is 0 Å². The van der Waals surface area contributed by atoms with E-state index in [9.17, 15) is 31.2 Å². The Bertz CT molecular complexity index is 1490. The number of nitrogens with zero attached hydrogens (tertiary/aromatic N) is 2. The third kappa shape index (κ3) is 9.20. The van der Waals surface area contributed by atoms with Crippen molar-refractivity contribution in [2.45, 2.75) is 38.5 Å². The summed E-state index contributed by atoms with van der Waals surface area (Å²) in [6, 6.07) is 17.6. The molecule has 1 atom stereocenters. The number of rotatable bonds is 12. The zero-order valence-electron chi connectivity index (χ0n) is 22.9. The maximum atomic E-state index is 14.0. The maximum Gasteiger partial charge on any atom is 0.417 e. The highest BCUT2D eigenvalue weighted by molar-refractivity contribution is 9.10. The van der Waals surface area contributed by atoms with Crippen LogP contribution >= 0.6 is 27.5 Å². The summed E-state index contributed by atoms with van der Waals surface area (Å²) < 4.78 is 67.8. The lowest BCUT2D eigenvalue weighted by atomic mass is 10.0. The molecule has 1 N–H and O–H groups in total. The van der Waals surface area contributed by atoms with Crippen LogP contribution in [0.2, 0.25) is 5.02 Å². The zero-order valence-corrected chi connectivity index (χ0v) is 26.0. The fourth-order valence-corrected chi connectivity index (χ4v) is 5.54. The average molecular weight is 689 g/mol. The number of halogens is 5. The van der Waals surface area contributed by atoms with Gasteiger partial charge in [0.1, 0.15) is 12.6 Å². The number of alkyl halides is 3. The molecule has 0 saturated carbocycles. The minimum absolute atomic E-state index is 0.0603. The van der Waals surface area contributed by atoms with Crippen LogP contribution < -0.4 is 9.62 Å². The Kier molecular flexibility index (Phi) is 11.4. The fourth-order valence-electron chi connectivity index (χ4n) is 4.21.